The molecule has 0 N–H and O–H groups in total. The minimum atomic E-state index is 0.0985. The maximum absolute atomic E-state index is 4.12. The summed E-state index contributed by atoms with van der Waals surface area (Å²) >= 11 is 0. The summed E-state index contributed by atoms with van der Waals surface area (Å²) in [6, 6.07) is 0. The number of hydrogen-bond acceptors (Lipinski definition) is 1. The van der Waals surface area contributed by atoms with Gasteiger partial charge in [-0.2, -0.15) is 0 Å². The first-order valence-electron chi connectivity index (χ1n) is 5.28. The van der Waals surface area contributed by atoms with Gasteiger partial charge in [0.1, 0.15) is 0 Å². The number of rotatable bonds is 2. The molecule has 0 aromatic carbocycles. The molecule has 0 aliphatic rings. The molecule has 0 aliphatic heterocycles. The Balaban J connectivity index is 4.88. The molecule has 1 heteroatoms. The van der Waals surface area contributed by atoms with Crippen molar-refractivity contribution in [3.63, 3.8) is 0 Å². The zero-order valence-electron chi connectivity index (χ0n) is 10.8. The van der Waals surface area contributed by atoms with Crippen LogP contribution in [0.25, 0.3) is 0 Å². The summed E-state index contributed by atoms with van der Waals surface area (Å²) in [5, 5.41) is 0. The smallest absolute Gasteiger partial charge is 0.0412 e. The van der Waals surface area contributed by atoms with Crippen molar-refractivity contribution in [3.05, 3.63) is 11.8 Å². The van der Waals surface area contributed by atoms with Gasteiger partial charge in [0.25, 0.3) is 0 Å². The van der Waals surface area contributed by atoms with Gasteiger partial charge < -0.3 is 0 Å². The second kappa shape index (κ2) is 4.29. The molecule has 0 saturated carbocycles. The van der Waals surface area contributed by atoms with Crippen LogP contribution in [0.5, 0.6) is 0 Å². The molecule has 1 atom stereocenters. The van der Waals surface area contributed by atoms with Gasteiger partial charge in [-0.25, -0.2) is 0 Å². The molecular formula is C13H25N. The van der Waals surface area contributed by atoms with Crippen LogP contribution < -0.4 is 0 Å². The topological polar surface area (TPSA) is 12.4 Å². The lowest BCUT2D eigenvalue weighted by atomic mass is 9.79. The molecule has 1 nitrogen and oxygen atoms in total. The maximum atomic E-state index is 4.12. The van der Waals surface area contributed by atoms with Gasteiger partial charge >= 0.3 is 0 Å². The first-order chi connectivity index (χ1) is 6.09. The van der Waals surface area contributed by atoms with Gasteiger partial charge in [0.05, 0.1) is 0 Å². The Hall–Kier alpha value is -0.590. The molecule has 0 amide bonds. The lowest BCUT2D eigenvalue weighted by Crippen LogP contribution is -2.17. The normalized spacial score (nSPS) is 16.6. The van der Waals surface area contributed by atoms with Gasteiger partial charge in [0.2, 0.25) is 0 Å². The Morgan fingerprint density at radius 1 is 1.14 bits per heavy atom. The standard InChI is InChI=1S/C13H25N/c1-10(12(2,3)4)9-11(14-8)13(5,6)7/h9-10H,8H2,1-7H3/b11-9-. The summed E-state index contributed by atoms with van der Waals surface area (Å²) in [5.74, 6) is 0.516. The number of hydrogen-bond donors (Lipinski definition) is 0. The van der Waals surface area contributed by atoms with E-state index in [4.69, 9.17) is 0 Å². The molecule has 0 aliphatic carbocycles. The van der Waals surface area contributed by atoms with Gasteiger partial charge in [0.15, 0.2) is 0 Å². The average Bonchev–Trinajstić information content (AvgIpc) is 1.95. The third-order valence-electron chi connectivity index (χ3n) is 2.71. The minimum absolute atomic E-state index is 0.0985. The van der Waals surface area contributed by atoms with Gasteiger partial charge in [-0.1, -0.05) is 54.5 Å². The molecule has 82 valence electrons. The van der Waals surface area contributed by atoms with Gasteiger partial charge in [-0.15, -0.1) is 0 Å². The van der Waals surface area contributed by atoms with Crippen LogP contribution in [0.3, 0.4) is 0 Å². The first-order valence-corrected chi connectivity index (χ1v) is 5.28. The average molecular weight is 195 g/mol. The lowest BCUT2D eigenvalue weighted by Gasteiger charge is -2.27. The van der Waals surface area contributed by atoms with Gasteiger partial charge in [-0.05, 0) is 18.1 Å². The fourth-order valence-electron chi connectivity index (χ4n) is 1.03. The molecule has 0 heterocycles. The third kappa shape index (κ3) is 4.08. The monoisotopic (exact) mass is 195 g/mol. The first kappa shape index (κ1) is 13.4. The van der Waals surface area contributed by atoms with Gasteiger partial charge in [0, 0.05) is 11.1 Å². The molecule has 14 heavy (non-hydrogen) atoms. The van der Waals surface area contributed by atoms with Crippen molar-refractivity contribution in [2.45, 2.75) is 48.5 Å². The van der Waals surface area contributed by atoms with Crippen LogP contribution in [-0.4, -0.2) is 6.72 Å². The Morgan fingerprint density at radius 3 is 1.79 bits per heavy atom. The molecule has 0 radical (unpaired) electrons. The minimum Gasteiger partial charge on any atom is -0.269 e. The van der Waals surface area contributed by atoms with Crippen LogP contribution in [0.2, 0.25) is 0 Å². The van der Waals surface area contributed by atoms with E-state index in [1.807, 2.05) is 0 Å². The Bertz CT molecular complexity index is 223. The second-order valence-corrected chi connectivity index (χ2v) is 6.11. The number of nitrogens with zero attached hydrogens (tertiary/aromatic N) is 1. The van der Waals surface area contributed by atoms with E-state index in [1.165, 1.54) is 0 Å². The SMILES string of the molecule is C=N/C(=C\C(C)C(C)(C)C)C(C)(C)C. The molecule has 0 rings (SSSR count). The third-order valence-corrected chi connectivity index (χ3v) is 2.71. The Kier molecular flexibility index (Phi) is 4.11. The van der Waals surface area contributed by atoms with Crippen LogP contribution >= 0.6 is 0 Å². The van der Waals surface area contributed by atoms with E-state index in [0.29, 0.717) is 11.3 Å². The molecule has 0 aromatic heterocycles. The highest BCUT2D eigenvalue weighted by molar-refractivity contribution is 5.31. The quantitative estimate of drug-likeness (QED) is 0.583. The van der Waals surface area contributed by atoms with E-state index < -0.39 is 0 Å². The van der Waals surface area contributed by atoms with Gasteiger partial charge in [-0.3, -0.25) is 4.99 Å². The highest BCUT2D eigenvalue weighted by Crippen LogP contribution is 2.32. The Morgan fingerprint density at radius 2 is 1.57 bits per heavy atom. The van der Waals surface area contributed by atoms with Crippen molar-refractivity contribution >= 4 is 6.72 Å². The van der Waals surface area contributed by atoms with Crippen LogP contribution in [-0.2, 0) is 0 Å². The predicted molar refractivity (Wildman–Crippen MR) is 65.7 cm³/mol. The van der Waals surface area contributed by atoms with Crippen molar-refractivity contribution in [3.8, 4) is 0 Å². The van der Waals surface area contributed by atoms with Crippen LogP contribution in [0.1, 0.15) is 48.5 Å². The number of allylic oxidation sites excluding steroid dienone is 2. The van der Waals surface area contributed by atoms with Crippen molar-refractivity contribution in [2.24, 2.45) is 21.7 Å². The van der Waals surface area contributed by atoms with E-state index in [2.05, 4.69) is 66.3 Å². The lowest BCUT2D eigenvalue weighted by molar-refractivity contribution is 0.309. The van der Waals surface area contributed by atoms with E-state index in [9.17, 15) is 0 Å². The summed E-state index contributed by atoms with van der Waals surface area (Å²) in [5.41, 5.74) is 1.49. The largest absolute Gasteiger partial charge is 0.269 e. The van der Waals surface area contributed by atoms with E-state index in [1.54, 1.807) is 0 Å². The second-order valence-electron chi connectivity index (χ2n) is 6.11. The molecule has 0 fully saturated rings. The highest BCUT2D eigenvalue weighted by atomic mass is 14.7. The van der Waals surface area contributed by atoms with Crippen molar-refractivity contribution in [1.29, 1.82) is 0 Å². The summed E-state index contributed by atoms with van der Waals surface area (Å²) in [6.45, 7) is 19.1. The molecule has 1 unspecified atom stereocenters. The highest BCUT2D eigenvalue weighted by Gasteiger charge is 2.22. The summed E-state index contributed by atoms with van der Waals surface area (Å²) < 4.78 is 0. The van der Waals surface area contributed by atoms with Crippen LogP contribution in [0, 0.1) is 16.7 Å². The summed E-state index contributed by atoms with van der Waals surface area (Å²) in [4.78, 5) is 4.12. The molecule has 0 saturated heterocycles. The zero-order valence-corrected chi connectivity index (χ0v) is 10.8. The van der Waals surface area contributed by atoms with Crippen molar-refractivity contribution in [1.82, 2.24) is 0 Å². The van der Waals surface area contributed by atoms with E-state index in [0.717, 1.165) is 5.70 Å². The van der Waals surface area contributed by atoms with E-state index >= 15 is 0 Å². The summed E-state index contributed by atoms with van der Waals surface area (Å²) in [7, 11) is 0. The maximum Gasteiger partial charge on any atom is 0.0412 e. The van der Waals surface area contributed by atoms with E-state index in [-0.39, 0.29) is 5.41 Å². The van der Waals surface area contributed by atoms with Crippen molar-refractivity contribution < 1.29 is 0 Å². The zero-order chi connectivity index (χ0) is 11.6. The fourth-order valence-corrected chi connectivity index (χ4v) is 1.03. The molecular weight excluding hydrogens is 170 g/mol. The predicted octanol–water partition coefficient (Wildman–Crippen LogP) is 4.30. The molecule has 0 spiro atoms. The number of aliphatic imine (C=N–C) groups is 1. The summed E-state index contributed by atoms with van der Waals surface area (Å²) in [6.07, 6.45) is 2.24. The molecule has 0 aromatic rings. The van der Waals surface area contributed by atoms with Crippen molar-refractivity contribution in [2.75, 3.05) is 0 Å². The van der Waals surface area contributed by atoms with Crippen LogP contribution in [0.4, 0.5) is 0 Å². The fraction of sp³-hybridized carbons (Fsp3) is 0.769. The molecule has 0 bridgehead atoms. The Labute approximate surface area is 89.3 Å². The van der Waals surface area contributed by atoms with Crippen LogP contribution in [0.15, 0.2) is 16.8 Å².